The first-order valence-electron chi connectivity index (χ1n) is 10.0. The number of rotatable bonds is 4. The average molecular weight is 405 g/mol. The van der Waals surface area contributed by atoms with Crippen LogP contribution in [-0.2, 0) is 21.7 Å². The third kappa shape index (κ3) is 11.9. The van der Waals surface area contributed by atoms with Crippen LogP contribution in [0.5, 0.6) is 0 Å². The Morgan fingerprint density at radius 1 is 0.964 bits per heavy atom. The molecule has 3 aliphatic carbocycles. The molecule has 28 heavy (non-hydrogen) atoms. The molecule has 0 spiro atoms. The fraction of sp³-hybridized carbons (Fsp3) is 0.346. The summed E-state index contributed by atoms with van der Waals surface area (Å²) in [5, 5.41) is 4.69. The molecule has 0 amide bonds. The van der Waals surface area contributed by atoms with E-state index in [1.165, 1.54) is 43.2 Å². The molecule has 3 aliphatic rings. The Morgan fingerprint density at radius 3 is 2.04 bits per heavy atom. The van der Waals surface area contributed by atoms with Gasteiger partial charge in [0.05, 0.1) is 0 Å². The Balaban J connectivity index is 0.000000290. The van der Waals surface area contributed by atoms with E-state index in [1.54, 1.807) is 0 Å². The zero-order valence-electron chi connectivity index (χ0n) is 17.0. The minimum Gasteiger partial charge on any atom is -0.731 e. The minimum absolute atomic E-state index is 0. The molecule has 1 fully saturated rings. The number of hydrogen-bond donors (Lipinski definition) is 0. The van der Waals surface area contributed by atoms with E-state index >= 15 is 0 Å². The first-order chi connectivity index (χ1) is 13.3. The first-order valence-corrected chi connectivity index (χ1v) is 10.0. The molecule has 4 rings (SSSR count). The summed E-state index contributed by atoms with van der Waals surface area (Å²) < 4.78 is 0. The van der Waals surface area contributed by atoms with Gasteiger partial charge in [-0.25, -0.2) is 24.3 Å². The second kappa shape index (κ2) is 16.3. The molecule has 0 bridgehead atoms. The molecule has 0 unspecified atom stereocenters. The summed E-state index contributed by atoms with van der Waals surface area (Å²) in [7, 11) is 0. The Labute approximate surface area is 187 Å². The normalized spacial score (nSPS) is 17.1. The molecule has 1 aromatic rings. The van der Waals surface area contributed by atoms with E-state index < -0.39 is 0 Å². The number of benzene rings is 1. The van der Waals surface area contributed by atoms with E-state index in [0.717, 1.165) is 12.8 Å². The number of allylic oxidation sites excluding steroid dienone is 9. The van der Waals surface area contributed by atoms with E-state index in [1.807, 2.05) is 36.6 Å². The van der Waals surface area contributed by atoms with Crippen LogP contribution in [0.1, 0.15) is 57.4 Å². The summed E-state index contributed by atoms with van der Waals surface area (Å²) in [5.74, 6) is 0. The monoisotopic (exact) mass is 405 g/mol. The molecule has 1 saturated carbocycles. The third-order valence-corrected chi connectivity index (χ3v) is 4.43. The van der Waals surface area contributed by atoms with E-state index in [0.29, 0.717) is 6.04 Å². The van der Waals surface area contributed by atoms with Gasteiger partial charge in [-0.05, 0) is 0 Å². The zero-order valence-corrected chi connectivity index (χ0v) is 18.5. The van der Waals surface area contributed by atoms with Crippen molar-refractivity contribution in [2.75, 3.05) is 0 Å². The predicted octanol–water partition coefficient (Wildman–Crippen LogP) is 7.46. The van der Waals surface area contributed by atoms with Crippen molar-refractivity contribution in [1.82, 2.24) is 0 Å². The second-order valence-electron chi connectivity index (χ2n) is 6.88. The van der Waals surface area contributed by atoms with Crippen LogP contribution < -0.4 is 0 Å². The van der Waals surface area contributed by atoms with Gasteiger partial charge in [0.15, 0.2) is 0 Å². The molecule has 0 aliphatic heterocycles. The Kier molecular flexibility index (Phi) is 14.1. The van der Waals surface area contributed by atoms with E-state index in [-0.39, 0.29) is 21.7 Å². The average Bonchev–Trinajstić information content (AvgIpc) is 3.47. The Morgan fingerprint density at radius 2 is 1.57 bits per heavy atom. The van der Waals surface area contributed by atoms with Gasteiger partial charge in [0.1, 0.15) is 0 Å². The number of hydrogen-bond acceptors (Lipinski definition) is 0. The molecule has 0 aromatic heterocycles. The van der Waals surface area contributed by atoms with Crippen molar-refractivity contribution in [3.8, 4) is 0 Å². The summed E-state index contributed by atoms with van der Waals surface area (Å²) >= 11 is 0. The summed E-state index contributed by atoms with van der Waals surface area (Å²) in [4.78, 5) is 0. The summed E-state index contributed by atoms with van der Waals surface area (Å²) in [5.41, 5.74) is 2.49. The minimum atomic E-state index is 0. The van der Waals surface area contributed by atoms with Gasteiger partial charge in [-0.3, -0.25) is 18.4 Å². The maximum Gasteiger partial charge on any atom is 4.00 e. The molecular formula is C26H31NTi. The van der Waals surface area contributed by atoms with Crippen LogP contribution >= 0.6 is 0 Å². The molecule has 0 atom stereocenters. The molecule has 2 heteroatoms. The van der Waals surface area contributed by atoms with Crippen LogP contribution in [0.4, 0.5) is 0 Å². The Hall–Kier alpha value is -1.70. The summed E-state index contributed by atoms with van der Waals surface area (Å²) in [6.07, 6.45) is 30.9. The summed E-state index contributed by atoms with van der Waals surface area (Å²) in [6, 6.07) is 11.0. The SMILES string of the molecule is CC(=C[N-]C1CCCCC1)[CH-]c1ccccc1.[C-]1=CC=CC1.[C-]1=CC=CC1.[Ti+4]. The smallest absolute Gasteiger partial charge is 0.731 e. The number of nitrogens with zero attached hydrogens (tertiary/aromatic N) is 1. The van der Waals surface area contributed by atoms with Crippen LogP contribution in [0.2, 0.25) is 0 Å². The van der Waals surface area contributed by atoms with Crippen LogP contribution in [0.15, 0.2) is 78.6 Å². The van der Waals surface area contributed by atoms with Gasteiger partial charge in [0.25, 0.3) is 0 Å². The molecule has 1 aromatic carbocycles. The van der Waals surface area contributed by atoms with Crippen molar-refractivity contribution >= 4 is 0 Å². The molecule has 0 N–H and O–H groups in total. The van der Waals surface area contributed by atoms with Gasteiger partial charge < -0.3 is 5.32 Å². The van der Waals surface area contributed by atoms with Crippen molar-refractivity contribution < 1.29 is 21.7 Å². The van der Waals surface area contributed by atoms with Gasteiger partial charge >= 0.3 is 21.7 Å². The van der Waals surface area contributed by atoms with Gasteiger partial charge in [0, 0.05) is 0 Å². The standard InChI is InChI=1S/C16H21N.2C5H5.Ti/c1-14(12-15-8-4-2-5-9-15)13-17-16-10-6-3-7-11-16;2*1-2-4-5-3-1;/h2,4-5,8-9,12-13,16H,3,6-7,10-11H2,1H3;2*1-3H,4H2;/q-2;2*-1;+4. The quantitative estimate of drug-likeness (QED) is 0.365. The molecular weight excluding hydrogens is 374 g/mol. The van der Waals surface area contributed by atoms with Crippen LogP contribution in [0, 0.1) is 18.6 Å². The van der Waals surface area contributed by atoms with Gasteiger partial charge in [-0.15, -0.1) is 55.1 Å². The van der Waals surface area contributed by atoms with Crippen molar-refractivity contribution in [3.63, 3.8) is 0 Å². The van der Waals surface area contributed by atoms with Crippen molar-refractivity contribution in [3.05, 3.63) is 108 Å². The third-order valence-electron chi connectivity index (χ3n) is 4.43. The van der Waals surface area contributed by atoms with E-state index in [9.17, 15) is 0 Å². The van der Waals surface area contributed by atoms with Crippen LogP contribution in [-0.4, -0.2) is 6.04 Å². The maximum absolute atomic E-state index is 4.69. The molecule has 1 nitrogen and oxygen atoms in total. The molecule has 0 radical (unpaired) electrons. The largest absolute Gasteiger partial charge is 4.00 e. The molecule has 0 heterocycles. The van der Waals surface area contributed by atoms with Crippen LogP contribution in [0.25, 0.3) is 5.32 Å². The van der Waals surface area contributed by atoms with Crippen molar-refractivity contribution in [2.24, 2.45) is 0 Å². The van der Waals surface area contributed by atoms with Gasteiger partial charge in [-0.1, -0.05) is 45.1 Å². The van der Waals surface area contributed by atoms with Gasteiger partial charge in [0.2, 0.25) is 0 Å². The fourth-order valence-electron chi connectivity index (χ4n) is 2.98. The topological polar surface area (TPSA) is 14.1 Å². The van der Waals surface area contributed by atoms with E-state index in [2.05, 4.69) is 67.2 Å². The predicted molar refractivity (Wildman–Crippen MR) is 117 cm³/mol. The van der Waals surface area contributed by atoms with Crippen molar-refractivity contribution in [1.29, 1.82) is 0 Å². The van der Waals surface area contributed by atoms with E-state index in [4.69, 9.17) is 0 Å². The summed E-state index contributed by atoms with van der Waals surface area (Å²) in [6.45, 7) is 2.12. The van der Waals surface area contributed by atoms with Crippen molar-refractivity contribution in [2.45, 2.75) is 57.9 Å². The molecule has 0 saturated heterocycles. The van der Waals surface area contributed by atoms with Crippen LogP contribution in [0.3, 0.4) is 0 Å². The fourth-order valence-corrected chi connectivity index (χ4v) is 2.98. The van der Waals surface area contributed by atoms with Gasteiger partial charge in [-0.2, -0.15) is 17.7 Å². The zero-order chi connectivity index (χ0) is 19.0. The molecule has 144 valence electrons. The Bertz CT molecular complexity index is 604. The first kappa shape index (κ1) is 24.3. The maximum atomic E-state index is 4.69. The second-order valence-corrected chi connectivity index (χ2v) is 6.88.